The van der Waals surface area contributed by atoms with Crippen molar-refractivity contribution in [3.8, 4) is 23.0 Å². The van der Waals surface area contributed by atoms with Crippen molar-refractivity contribution in [1.82, 2.24) is 20.2 Å². The zero-order valence-corrected chi connectivity index (χ0v) is 25.6. The van der Waals surface area contributed by atoms with Gasteiger partial charge in [0, 0.05) is 24.5 Å². The highest BCUT2D eigenvalue weighted by Gasteiger charge is 2.25. The van der Waals surface area contributed by atoms with Gasteiger partial charge in [0.15, 0.2) is 23.0 Å². The molecule has 1 amide bonds. The minimum Gasteiger partial charge on any atom is -0.493 e. The van der Waals surface area contributed by atoms with Gasteiger partial charge in [-0.2, -0.15) is 0 Å². The summed E-state index contributed by atoms with van der Waals surface area (Å²) in [4.78, 5) is 34.9. The molecule has 13 heteroatoms. The molecule has 0 aliphatic carbocycles. The van der Waals surface area contributed by atoms with Gasteiger partial charge in [-0.1, -0.05) is 6.07 Å². The number of rotatable bonds is 12. The third kappa shape index (κ3) is 7.86. The molecule has 2 aromatic carbocycles. The second-order valence-electron chi connectivity index (χ2n) is 10.9. The molecule has 4 rings (SSSR count). The molecule has 0 bridgehead atoms. The van der Waals surface area contributed by atoms with E-state index in [1.807, 2.05) is 50.9 Å². The summed E-state index contributed by atoms with van der Waals surface area (Å²) >= 11 is 0. The lowest BCUT2D eigenvalue weighted by atomic mass is 10.1. The van der Waals surface area contributed by atoms with Gasteiger partial charge >= 0.3 is 12.1 Å². The molecule has 1 aromatic heterocycles. The van der Waals surface area contributed by atoms with Crippen LogP contribution in [0, 0.1) is 0 Å². The Balaban J connectivity index is 1.56. The molecule has 232 valence electrons. The maximum atomic E-state index is 12.1. The maximum absolute atomic E-state index is 12.1. The summed E-state index contributed by atoms with van der Waals surface area (Å²) < 4.78 is 33.2. The molecule has 13 nitrogen and oxygen atoms in total. The van der Waals surface area contributed by atoms with Crippen LogP contribution < -0.4 is 29.6 Å². The third-order valence-corrected chi connectivity index (χ3v) is 6.66. The second kappa shape index (κ2) is 13.6. The number of nitrogens with one attached hydrogen (secondary N) is 2. The molecule has 1 aliphatic rings. The molecule has 0 radical (unpaired) electrons. The Kier molecular flexibility index (Phi) is 9.96. The van der Waals surface area contributed by atoms with E-state index in [0.29, 0.717) is 71.5 Å². The molecule has 0 unspecified atom stereocenters. The first-order valence-corrected chi connectivity index (χ1v) is 13.9. The van der Waals surface area contributed by atoms with Gasteiger partial charge in [0.05, 0.1) is 32.0 Å². The monoisotopic (exact) mass is 597 g/mol. The van der Waals surface area contributed by atoms with E-state index >= 15 is 0 Å². The number of hydrogen-bond donors (Lipinski definition) is 2. The topological polar surface area (TPSA) is 143 Å². The number of amides is 1. The van der Waals surface area contributed by atoms with Crippen LogP contribution in [0.4, 0.5) is 16.3 Å². The zero-order valence-electron chi connectivity index (χ0n) is 25.6. The van der Waals surface area contributed by atoms with Crippen molar-refractivity contribution in [2.75, 3.05) is 46.5 Å². The van der Waals surface area contributed by atoms with Crippen LogP contribution in [0.1, 0.15) is 39.7 Å². The van der Waals surface area contributed by atoms with Crippen LogP contribution in [-0.2, 0) is 20.8 Å². The fraction of sp³-hybridized carbons (Fsp3) is 0.467. The van der Waals surface area contributed by atoms with Crippen LogP contribution >= 0.6 is 0 Å². The quantitative estimate of drug-likeness (QED) is 0.226. The Bertz CT molecular complexity index is 1460. The summed E-state index contributed by atoms with van der Waals surface area (Å²) in [6.07, 6.45) is 1.53. The fourth-order valence-corrected chi connectivity index (χ4v) is 4.35. The second-order valence-corrected chi connectivity index (χ2v) is 10.9. The average molecular weight is 598 g/mol. The first-order valence-electron chi connectivity index (χ1n) is 13.9. The van der Waals surface area contributed by atoms with E-state index in [1.165, 1.54) is 13.4 Å². The van der Waals surface area contributed by atoms with Crippen molar-refractivity contribution in [3.05, 3.63) is 36.2 Å². The number of aromatic nitrogens is 2. The van der Waals surface area contributed by atoms with Gasteiger partial charge in [0.2, 0.25) is 6.79 Å². The van der Waals surface area contributed by atoms with Crippen molar-refractivity contribution in [3.63, 3.8) is 0 Å². The van der Waals surface area contributed by atoms with Crippen LogP contribution in [0.25, 0.3) is 10.9 Å². The van der Waals surface area contributed by atoms with E-state index in [0.717, 1.165) is 5.56 Å². The molecular formula is C30H39N5O8. The summed E-state index contributed by atoms with van der Waals surface area (Å²) in [7, 11) is 4.77. The van der Waals surface area contributed by atoms with Crippen LogP contribution in [0.5, 0.6) is 23.0 Å². The van der Waals surface area contributed by atoms with Gasteiger partial charge in [-0.15, -0.1) is 0 Å². The molecule has 2 heterocycles. The molecule has 0 saturated heterocycles. The van der Waals surface area contributed by atoms with Crippen molar-refractivity contribution in [1.29, 1.82) is 0 Å². The number of likely N-dealkylation sites (N-methyl/N-ethyl adjacent to an activating group) is 1. The summed E-state index contributed by atoms with van der Waals surface area (Å²) in [6.45, 7) is 8.42. The number of benzene rings is 2. The number of alkyl carbamates (subject to hydrolysis) is 1. The number of fused-ring (bicyclic) bond motifs is 2. The van der Waals surface area contributed by atoms with E-state index in [9.17, 15) is 9.59 Å². The Hall–Kier alpha value is -4.52. The van der Waals surface area contributed by atoms with Crippen LogP contribution in [0.2, 0.25) is 0 Å². The number of anilines is 2. The SMILES string of the molecule is COC(=O)[C@H](C)N(C)Cc1ccc2c(c1Nc1ncnc3cc(OC)c(OCCCNC(=O)OC(C)(C)C)cc13)OCO2. The summed E-state index contributed by atoms with van der Waals surface area (Å²) in [5.41, 5.74) is 1.59. The molecular weight excluding hydrogens is 558 g/mol. The van der Waals surface area contributed by atoms with Gasteiger partial charge in [0.1, 0.15) is 23.8 Å². The largest absolute Gasteiger partial charge is 0.493 e. The smallest absolute Gasteiger partial charge is 0.407 e. The van der Waals surface area contributed by atoms with Gasteiger partial charge in [-0.3, -0.25) is 9.69 Å². The normalized spacial score (nSPS) is 13.0. The number of nitrogens with zero attached hydrogens (tertiary/aromatic N) is 3. The highest BCUT2D eigenvalue weighted by molar-refractivity contribution is 5.94. The number of ether oxygens (including phenoxy) is 6. The molecule has 2 N–H and O–H groups in total. The average Bonchev–Trinajstić information content (AvgIpc) is 3.45. The predicted molar refractivity (Wildman–Crippen MR) is 159 cm³/mol. The van der Waals surface area contributed by atoms with Crippen molar-refractivity contribution < 1.29 is 38.0 Å². The summed E-state index contributed by atoms with van der Waals surface area (Å²) in [6, 6.07) is 6.88. The summed E-state index contributed by atoms with van der Waals surface area (Å²) in [5.74, 6) is 2.33. The van der Waals surface area contributed by atoms with Crippen molar-refractivity contribution in [2.24, 2.45) is 0 Å². The Labute approximate surface area is 250 Å². The third-order valence-electron chi connectivity index (χ3n) is 6.66. The highest BCUT2D eigenvalue weighted by atomic mass is 16.7. The van der Waals surface area contributed by atoms with E-state index in [2.05, 4.69) is 20.6 Å². The number of methoxy groups -OCH3 is 2. The van der Waals surface area contributed by atoms with Crippen molar-refractivity contribution in [2.45, 2.75) is 52.3 Å². The molecule has 0 fully saturated rings. The summed E-state index contributed by atoms with van der Waals surface area (Å²) in [5, 5.41) is 6.82. The first kappa shape index (κ1) is 31.4. The lowest BCUT2D eigenvalue weighted by molar-refractivity contribution is -0.145. The molecule has 0 saturated carbocycles. The number of esters is 1. The lowest BCUT2D eigenvalue weighted by Gasteiger charge is -2.24. The Morgan fingerprint density at radius 1 is 1.12 bits per heavy atom. The van der Waals surface area contributed by atoms with Gasteiger partial charge in [-0.05, 0) is 58.9 Å². The van der Waals surface area contributed by atoms with E-state index < -0.39 is 17.7 Å². The molecule has 43 heavy (non-hydrogen) atoms. The molecule has 1 atom stereocenters. The van der Waals surface area contributed by atoms with Gasteiger partial charge in [0.25, 0.3) is 0 Å². The fourth-order valence-electron chi connectivity index (χ4n) is 4.35. The minimum absolute atomic E-state index is 0.0877. The number of hydrogen-bond acceptors (Lipinski definition) is 12. The van der Waals surface area contributed by atoms with E-state index in [-0.39, 0.29) is 12.8 Å². The molecule has 3 aromatic rings. The minimum atomic E-state index is -0.565. The zero-order chi connectivity index (χ0) is 31.1. The maximum Gasteiger partial charge on any atom is 0.407 e. The van der Waals surface area contributed by atoms with Crippen LogP contribution in [0.3, 0.4) is 0 Å². The van der Waals surface area contributed by atoms with Crippen molar-refractivity contribution >= 4 is 34.5 Å². The van der Waals surface area contributed by atoms with E-state index in [1.54, 1.807) is 20.1 Å². The predicted octanol–water partition coefficient (Wildman–Crippen LogP) is 4.40. The molecule has 0 spiro atoms. The number of carbonyl (C=O) groups excluding carboxylic acids is 2. The first-order chi connectivity index (χ1) is 20.5. The van der Waals surface area contributed by atoms with Crippen LogP contribution in [0.15, 0.2) is 30.6 Å². The van der Waals surface area contributed by atoms with E-state index in [4.69, 9.17) is 28.4 Å². The Morgan fingerprint density at radius 3 is 2.63 bits per heavy atom. The number of carbonyl (C=O) groups is 2. The van der Waals surface area contributed by atoms with Crippen LogP contribution in [-0.4, -0.2) is 79.8 Å². The highest BCUT2D eigenvalue weighted by Crippen LogP contribution is 2.44. The van der Waals surface area contributed by atoms with Gasteiger partial charge in [-0.25, -0.2) is 14.8 Å². The van der Waals surface area contributed by atoms with Gasteiger partial charge < -0.3 is 39.1 Å². The standard InChI is InChI=1S/C30H39N5O8/c1-18(28(36)39-7)35(5)15-19-9-10-22-26(42-17-41-22)25(19)34-27-20-13-24(23(38-6)14-21(20)32-16-33-27)40-12-8-11-31-29(37)43-30(2,3)4/h9-10,13-14,16,18H,8,11-12,15,17H2,1-7H3,(H,31,37)(H,32,33,34)/t18-/m0/s1. The Morgan fingerprint density at radius 2 is 1.91 bits per heavy atom. The lowest BCUT2D eigenvalue weighted by Crippen LogP contribution is -2.36. The molecule has 1 aliphatic heterocycles.